The van der Waals surface area contributed by atoms with E-state index in [1.54, 1.807) is 0 Å². The Balaban J connectivity index is -0.000000180. The molecule has 0 spiro atoms. The zero-order valence-corrected chi connectivity index (χ0v) is 7.84. The molecule has 0 aromatic heterocycles. The normalized spacial score (nSPS) is 8.67. The predicted octanol–water partition coefficient (Wildman–Crippen LogP) is -3.11. The second-order valence-electron chi connectivity index (χ2n) is 0.529. The zero-order chi connectivity index (χ0) is 5.86. The summed E-state index contributed by atoms with van der Waals surface area (Å²) in [5.74, 6) is 0. The van der Waals surface area contributed by atoms with Gasteiger partial charge >= 0.3 is 34.1 Å². The molecule has 0 amide bonds. The summed E-state index contributed by atoms with van der Waals surface area (Å²) >= 11 is 0. The molecular weight excluding hydrogens is 252 g/mol. The van der Waals surface area contributed by atoms with E-state index in [4.69, 9.17) is 0 Å². The maximum atomic E-state index is 9.24. The molecule has 0 rings (SSSR count). The molecule has 54 valence electrons. The van der Waals surface area contributed by atoms with E-state index >= 15 is 0 Å². The molecule has 0 unspecified atom stereocenters. The Hall–Kier alpha value is 1.70. The Morgan fingerprint density at radius 2 is 1.00 bits per heavy atom. The van der Waals surface area contributed by atoms with E-state index in [1.165, 1.54) is 0 Å². The van der Waals surface area contributed by atoms with Crippen molar-refractivity contribution in [3.8, 4) is 0 Å². The second-order valence-corrected chi connectivity index (χ2v) is 2.08. The minimum absolute atomic E-state index is 0. The van der Waals surface area contributed by atoms with E-state index in [2.05, 4.69) is 4.31 Å². The third-order valence-corrected chi connectivity index (χ3v) is 1.20. The molecule has 0 aliphatic rings. The SMILES string of the molecule is [Mn+2].[Mn+2].[O-]P([O-])OP([O-])[O-]. The van der Waals surface area contributed by atoms with E-state index in [-0.39, 0.29) is 34.1 Å². The van der Waals surface area contributed by atoms with E-state index in [9.17, 15) is 19.6 Å². The number of rotatable bonds is 2. The Labute approximate surface area is 75.4 Å². The van der Waals surface area contributed by atoms with Crippen LogP contribution in [0.1, 0.15) is 0 Å². The summed E-state index contributed by atoms with van der Waals surface area (Å²) in [5.41, 5.74) is 0. The minimum Gasteiger partial charge on any atom is -0.820 e. The van der Waals surface area contributed by atoms with E-state index in [0.717, 1.165) is 0 Å². The minimum atomic E-state index is -3.24. The molecule has 0 fully saturated rings. The topological polar surface area (TPSA) is 101 Å². The molecule has 9 heavy (non-hydrogen) atoms. The van der Waals surface area contributed by atoms with Gasteiger partial charge in [0.1, 0.15) is 0 Å². The molecule has 5 nitrogen and oxygen atoms in total. The number of hydrogen-bond donors (Lipinski definition) is 0. The summed E-state index contributed by atoms with van der Waals surface area (Å²) in [6, 6.07) is 0. The van der Waals surface area contributed by atoms with E-state index in [1.807, 2.05) is 0 Å². The second kappa shape index (κ2) is 9.70. The van der Waals surface area contributed by atoms with Crippen molar-refractivity contribution in [3.63, 3.8) is 0 Å². The standard InChI is InChI=1S/2Mn.O5P2/c;;1-6(2)5-7(3)4/q2*+2;-4. The molecule has 0 heterocycles. The van der Waals surface area contributed by atoms with Gasteiger partial charge in [-0.05, 0) is 0 Å². The quantitative estimate of drug-likeness (QED) is 0.382. The molecule has 0 N–H and O–H groups in total. The maximum Gasteiger partial charge on any atom is 2.00 e. The first-order chi connectivity index (χ1) is 3.13. The summed E-state index contributed by atoms with van der Waals surface area (Å²) in [7, 11) is -6.47. The van der Waals surface area contributed by atoms with Crippen LogP contribution < -0.4 is 19.6 Å². The maximum absolute atomic E-state index is 9.24. The van der Waals surface area contributed by atoms with Crippen LogP contribution in [0.3, 0.4) is 0 Å². The fourth-order valence-corrected chi connectivity index (χ4v) is 0.490. The van der Waals surface area contributed by atoms with Crippen molar-refractivity contribution in [2.24, 2.45) is 0 Å². The summed E-state index contributed by atoms with van der Waals surface area (Å²) in [6.45, 7) is 0. The average molecular weight is 252 g/mol. The van der Waals surface area contributed by atoms with Gasteiger partial charge in [0.2, 0.25) is 0 Å². The largest absolute Gasteiger partial charge is 2.00 e. The molecule has 0 aliphatic heterocycles. The van der Waals surface area contributed by atoms with Crippen LogP contribution >= 0.6 is 17.2 Å². The van der Waals surface area contributed by atoms with Crippen molar-refractivity contribution < 1.29 is 58.0 Å². The molecule has 0 aromatic carbocycles. The summed E-state index contributed by atoms with van der Waals surface area (Å²) in [6.07, 6.45) is 0. The first-order valence-corrected chi connectivity index (χ1v) is 3.29. The number of hydrogen-bond acceptors (Lipinski definition) is 5. The van der Waals surface area contributed by atoms with Crippen LogP contribution in [-0.2, 0) is 38.4 Å². The summed E-state index contributed by atoms with van der Waals surface area (Å²) in [5, 5.41) is 0. The third-order valence-electron chi connectivity index (χ3n) is 0.133. The van der Waals surface area contributed by atoms with Crippen LogP contribution in [0.2, 0.25) is 0 Å². The van der Waals surface area contributed by atoms with Crippen LogP contribution in [0.15, 0.2) is 0 Å². The molecule has 0 bridgehead atoms. The van der Waals surface area contributed by atoms with Gasteiger partial charge in [0.15, 0.2) is 0 Å². The molecule has 0 aromatic rings. The van der Waals surface area contributed by atoms with Crippen molar-refractivity contribution in [2.45, 2.75) is 0 Å². The van der Waals surface area contributed by atoms with Crippen molar-refractivity contribution in [1.82, 2.24) is 0 Å². The van der Waals surface area contributed by atoms with Gasteiger partial charge in [-0.25, -0.2) is 0 Å². The first-order valence-electron chi connectivity index (χ1n) is 1.10. The molecule has 0 saturated carbocycles. The Morgan fingerprint density at radius 3 is 1.00 bits per heavy atom. The Bertz CT molecular complexity index is 42.2. The third kappa shape index (κ3) is 17.7. The van der Waals surface area contributed by atoms with Crippen molar-refractivity contribution in [2.75, 3.05) is 0 Å². The van der Waals surface area contributed by atoms with Crippen LogP contribution in [0, 0.1) is 0 Å². The van der Waals surface area contributed by atoms with E-state index in [0.29, 0.717) is 0 Å². The molecule has 9 heteroatoms. The van der Waals surface area contributed by atoms with Gasteiger partial charge in [-0.3, -0.25) is 0 Å². The smallest absolute Gasteiger partial charge is 0.820 e. The molecule has 0 aliphatic carbocycles. The monoisotopic (exact) mass is 252 g/mol. The fourth-order valence-electron chi connectivity index (χ4n) is 0.0544. The Kier molecular flexibility index (Phi) is 18.3. The molecule has 0 atom stereocenters. The predicted molar refractivity (Wildman–Crippen MR) is 14.9 cm³/mol. The Morgan fingerprint density at radius 1 is 0.778 bits per heavy atom. The zero-order valence-electron chi connectivity index (χ0n) is 3.69. The van der Waals surface area contributed by atoms with Crippen molar-refractivity contribution in [1.29, 1.82) is 0 Å². The molecule has 2 radical (unpaired) electrons. The molecular formula is Mn2O5P2. The van der Waals surface area contributed by atoms with Gasteiger partial charge in [0, 0.05) is 0 Å². The van der Waals surface area contributed by atoms with Gasteiger partial charge in [-0.1, -0.05) is 0 Å². The van der Waals surface area contributed by atoms with Gasteiger partial charge < -0.3 is 23.9 Å². The first kappa shape index (κ1) is 17.0. The fraction of sp³-hybridized carbons (Fsp3) is 0. The van der Waals surface area contributed by atoms with E-state index < -0.39 is 17.2 Å². The summed E-state index contributed by atoms with van der Waals surface area (Å²) < 4.78 is 3.16. The van der Waals surface area contributed by atoms with Gasteiger partial charge in [0.05, 0.1) is 0 Å². The average Bonchev–Trinajstić information content (AvgIpc) is 1.27. The van der Waals surface area contributed by atoms with Crippen LogP contribution in [-0.4, -0.2) is 0 Å². The van der Waals surface area contributed by atoms with Crippen molar-refractivity contribution in [3.05, 3.63) is 0 Å². The summed E-state index contributed by atoms with van der Waals surface area (Å²) in [4.78, 5) is 37.0. The van der Waals surface area contributed by atoms with Crippen LogP contribution in [0.4, 0.5) is 0 Å². The van der Waals surface area contributed by atoms with Crippen molar-refractivity contribution >= 4 is 17.2 Å². The van der Waals surface area contributed by atoms with Crippen LogP contribution in [0.5, 0.6) is 0 Å². The van der Waals surface area contributed by atoms with Gasteiger partial charge in [0.25, 0.3) is 0 Å². The van der Waals surface area contributed by atoms with Gasteiger partial charge in [-0.15, -0.1) is 0 Å². The van der Waals surface area contributed by atoms with Crippen LogP contribution in [0.25, 0.3) is 0 Å². The van der Waals surface area contributed by atoms with Gasteiger partial charge in [-0.2, -0.15) is 17.2 Å². The molecule has 0 saturated heterocycles.